The highest BCUT2D eigenvalue weighted by Gasteiger charge is 2.47. The molecule has 0 bridgehead atoms. The smallest absolute Gasteiger partial charge is 0.135 e. The van der Waals surface area contributed by atoms with Crippen molar-refractivity contribution in [3.05, 3.63) is 542 Å². The summed E-state index contributed by atoms with van der Waals surface area (Å²) in [7, 11) is 0. The molecule has 126 heavy (non-hydrogen) atoms. The lowest BCUT2D eigenvalue weighted by molar-refractivity contribution is 0.669. The summed E-state index contributed by atoms with van der Waals surface area (Å²) in [6.45, 7) is 0. The maximum Gasteiger partial charge on any atom is 0.135 e. The fourth-order valence-electron chi connectivity index (χ4n) is 20.1. The third-order valence-electron chi connectivity index (χ3n) is 26.0. The summed E-state index contributed by atoms with van der Waals surface area (Å²) in [5.41, 5.74) is 37.2. The molecule has 0 saturated heterocycles. The average Bonchev–Trinajstić information content (AvgIpc) is 1.54. The van der Waals surface area contributed by atoms with Gasteiger partial charge in [-0.15, -0.1) is 11.3 Å². The molecule has 0 N–H and O–H groups in total. The van der Waals surface area contributed by atoms with Crippen LogP contribution in [-0.4, -0.2) is 0 Å². The highest BCUT2D eigenvalue weighted by atomic mass is 32.1. The standard InChI is InChI=1S/C61H41NO.C61H41NS/c1-3-14-42(15-4-1)45-16-13-17-46(40-45)43-26-33-50(34-27-43)62(51-35-28-44(29-36-51)47-30-39-60-56(41-47)55-22-9-12-25-59(55)63-60)52-37-31-49(32-38-52)61(48-18-5-2-6-19-48)57-23-10-7-20-53(57)54-21-8-11-24-58(54)61;1-3-13-42(14-4-1)43-23-25-44(26-24-43)45-27-34-50(35-28-45)62(51-36-29-46(30-37-51)47-31-40-60-56(41-47)55-19-9-12-22-59(55)63-60)52-38-32-49(33-39-52)61(48-15-5-2-6-16-48)57-20-10-7-17-53(57)54-18-8-11-21-58(54)61/h2*1-41H. The quantitative estimate of drug-likeness (QED) is 0.0961. The van der Waals surface area contributed by atoms with Crippen LogP contribution >= 0.6 is 11.3 Å². The molecule has 22 aromatic rings. The fourth-order valence-corrected chi connectivity index (χ4v) is 21.1. The molecule has 0 saturated carbocycles. The van der Waals surface area contributed by atoms with Gasteiger partial charge in [-0.05, 0) is 249 Å². The molecular weight excluding hydrogens is 1540 g/mol. The molecule has 3 nitrogen and oxygen atoms in total. The summed E-state index contributed by atoms with van der Waals surface area (Å²) in [5, 5.41) is 4.90. The number of thiophene rings is 1. The number of hydrogen-bond acceptors (Lipinski definition) is 4. The van der Waals surface area contributed by atoms with E-state index in [1.165, 1.54) is 143 Å². The van der Waals surface area contributed by atoms with E-state index < -0.39 is 10.8 Å². The number of fused-ring (bicyclic) bond motifs is 12. The van der Waals surface area contributed by atoms with Gasteiger partial charge in [0.15, 0.2) is 0 Å². The van der Waals surface area contributed by atoms with Crippen molar-refractivity contribution >= 4 is 87.6 Å². The molecule has 2 aliphatic carbocycles. The Morgan fingerprint density at radius 3 is 0.849 bits per heavy atom. The van der Waals surface area contributed by atoms with Crippen LogP contribution in [0.5, 0.6) is 0 Å². The second kappa shape index (κ2) is 31.8. The van der Waals surface area contributed by atoms with E-state index in [0.29, 0.717) is 0 Å². The van der Waals surface area contributed by atoms with E-state index in [9.17, 15) is 0 Å². The van der Waals surface area contributed by atoms with E-state index in [0.717, 1.165) is 67.2 Å². The van der Waals surface area contributed by atoms with Gasteiger partial charge in [-0.2, -0.15) is 0 Å². The molecule has 592 valence electrons. The molecule has 0 unspecified atom stereocenters. The van der Waals surface area contributed by atoms with Crippen LogP contribution in [0.2, 0.25) is 0 Å². The van der Waals surface area contributed by atoms with Gasteiger partial charge in [0.05, 0.1) is 10.8 Å². The largest absolute Gasteiger partial charge is 0.456 e. The van der Waals surface area contributed by atoms with Crippen molar-refractivity contribution in [2.75, 3.05) is 9.80 Å². The van der Waals surface area contributed by atoms with Crippen molar-refractivity contribution in [3.8, 4) is 89.0 Å². The molecule has 0 radical (unpaired) electrons. The SMILES string of the molecule is c1ccc(-c2ccc(-c3ccc(N(c4ccc(-c5ccc6sc7ccccc7c6c5)cc4)c4ccc(C5(c6ccccc6)c6ccccc6-c6ccccc65)cc4)cc3)cc2)cc1.c1ccc(-c2cccc(-c3ccc(N(c4ccc(-c5ccc6oc7ccccc7c6c5)cc4)c4ccc(C5(c6ccccc6)c6ccccc6-c6ccccc65)cc4)cc3)c2)cc1. The zero-order valence-corrected chi connectivity index (χ0v) is 69.9. The summed E-state index contributed by atoms with van der Waals surface area (Å²) in [6.07, 6.45) is 0. The molecule has 0 fully saturated rings. The molecule has 2 aliphatic rings. The zero-order chi connectivity index (χ0) is 83.5. The molecule has 0 amide bonds. The molecule has 0 atom stereocenters. The van der Waals surface area contributed by atoms with Crippen LogP contribution in [0.25, 0.3) is 131 Å². The maximum absolute atomic E-state index is 6.15. The third-order valence-corrected chi connectivity index (χ3v) is 27.1. The highest BCUT2D eigenvalue weighted by Crippen LogP contribution is 2.59. The Hall–Kier alpha value is -16.0. The Labute approximate surface area is 738 Å². The normalized spacial score (nSPS) is 12.6. The Bertz CT molecular complexity index is 7670. The second-order valence-electron chi connectivity index (χ2n) is 32.9. The number of rotatable bonds is 16. The monoisotopic (exact) mass is 1620 g/mol. The van der Waals surface area contributed by atoms with Gasteiger partial charge in [-0.1, -0.05) is 382 Å². The van der Waals surface area contributed by atoms with Gasteiger partial charge in [0.25, 0.3) is 0 Å². The Balaban J connectivity index is 0.000000145. The van der Waals surface area contributed by atoms with E-state index >= 15 is 0 Å². The number of nitrogens with zero attached hydrogens (tertiary/aromatic N) is 2. The van der Waals surface area contributed by atoms with Crippen LogP contribution in [0.3, 0.4) is 0 Å². The van der Waals surface area contributed by atoms with Crippen molar-refractivity contribution in [3.63, 3.8) is 0 Å². The minimum atomic E-state index is -0.462. The Kier molecular flexibility index (Phi) is 18.9. The molecule has 0 spiro atoms. The first-order valence-corrected chi connectivity index (χ1v) is 44.1. The van der Waals surface area contributed by atoms with Crippen LogP contribution in [0.4, 0.5) is 34.1 Å². The minimum Gasteiger partial charge on any atom is -0.456 e. The van der Waals surface area contributed by atoms with E-state index in [2.05, 4.69) is 495 Å². The van der Waals surface area contributed by atoms with Crippen LogP contribution in [-0.2, 0) is 10.8 Å². The lowest BCUT2D eigenvalue weighted by Crippen LogP contribution is -2.28. The Morgan fingerprint density at radius 1 is 0.167 bits per heavy atom. The summed E-state index contributed by atoms with van der Waals surface area (Å²) in [6, 6.07) is 182. The molecule has 4 heteroatoms. The molecule has 0 aliphatic heterocycles. The summed E-state index contributed by atoms with van der Waals surface area (Å²) >= 11 is 1.86. The maximum atomic E-state index is 6.15. The fraction of sp³-hybridized carbons (Fsp3) is 0.0164. The summed E-state index contributed by atoms with van der Waals surface area (Å²) in [5.74, 6) is 0. The van der Waals surface area contributed by atoms with Gasteiger partial charge in [0.1, 0.15) is 11.2 Å². The van der Waals surface area contributed by atoms with E-state index in [1.807, 2.05) is 23.5 Å². The molecular formula is C122H82N2OS. The molecule has 20 aromatic carbocycles. The van der Waals surface area contributed by atoms with E-state index in [1.54, 1.807) is 0 Å². The van der Waals surface area contributed by atoms with Crippen molar-refractivity contribution in [2.24, 2.45) is 0 Å². The van der Waals surface area contributed by atoms with Crippen LogP contribution in [0.1, 0.15) is 44.5 Å². The first kappa shape index (κ1) is 75.0. The predicted molar refractivity (Wildman–Crippen MR) is 530 cm³/mol. The number of anilines is 6. The average molecular weight is 1620 g/mol. The predicted octanol–water partition coefficient (Wildman–Crippen LogP) is 33.3. The van der Waals surface area contributed by atoms with Gasteiger partial charge in [0, 0.05) is 65.1 Å². The van der Waals surface area contributed by atoms with Crippen LogP contribution < -0.4 is 9.80 Å². The summed E-state index contributed by atoms with van der Waals surface area (Å²) < 4.78 is 8.80. The van der Waals surface area contributed by atoms with Gasteiger partial charge in [-0.3, -0.25) is 0 Å². The van der Waals surface area contributed by atoms with Crippen molar-refractivity contribution in [2.45, 2.75) is 10.8 Å². The van der Waals surface area contributed by atoms with E-state index in [4.69, 9.17) is 4.42 Å². The lowest BCUT2D eigenvalue weighted by atomic mass is 9.68. The number of para-hydroxylation sites is 1. The number of benzene rings is 20. The summed E-state index contributed by atoms with van der Waals surface area (Å²) in [4.78, 5) is 4.76. The van der Waals surface area contributed by atoms with E-state index in [-0.39, 0.29) is 0 Å². The van der Waals surface area contributed by atoms with Crippen molar-refractivity contribution < 1.29 is 4.42 Å². The Morgan fingerprint density at radius 2 is 0.429 bits per heavy atom. The zero-order valence-electron chi connectivity index (χ0n) is 69.1. The van der Waals surface area contributed by atoms with Crippen LogP contribution in [0.15, 0.2) is 502 Å². The topological polar surface area (TPSA) is 19.6 Å². The molecule has 2 heterocycles. The first-order chi connectivity index (χ1) is 62.4. The molecule has 2 aromatic heterocycles. The van der Waals surface area contributed by atoms with Gasteiger partial charge in [0.2, 0.25) is 0 Å². The van der Waals surface area contributed by atoms with Gasteiger partial charge >= 0.3 is 0 Å². The lowest BCUT2D eigenvalue weighted by Gasteiger charge is -2.34. The van der Waals surface area contributed by atoms with Crippen molar-refractivity contribution in [1.82, 2.24) is 0 Å². The highest BCUT2D eigenvalue weighted by molar-refractivity contribution is 7.25. The van der Waals surface area contributed by atoms with Crippen molar-refractivity contribution in [1.29, 1.82) is 0 Å². The number of furan rings is 1. The molecule has 24 rings (SSSR count). The third kappa shape index (κ3) is 13.0. The van der Waals surface area contributed by atoms with Crippen LogP contribution in [0, 0.1) is 0 Å². The second-order valence-corrected chi connectivity index (χ2v) is 34.0. The van der Waals surface area contributed by atoms with Gasteiger partial charge < -0.3 is 14.2 Å². The van der Waals surface area contributed by atoms with Gasteiger partial charge in [-0.25, -0.2) is 0 Å². The number of hydrogen-bond donors (Lipinski definition) is 0. The minimum absolute atomic E-state index is 0.452. The first-order valence-electron chi connectivity index (χ1n) is 43.3.